The summed E-state index contributed by atoms with van der Waals surface area (Å²) in [6.07, 6.45) is 4.80. The van der Waals surface area contributed by atoms with Crippen LogP contribution in [0.5, 0.6) is 0 Å². The Labute approximate surface area is 117 Å². The van der Waals surface area contributed by atoms with Gasteiger partial charge in [-0.15, -0.1) is 0 Å². The third-order valence-corrected chi connectivity index (χ3v) is 3.67. The molecule has 1 heterocycles. The van der Waals surface area contributed by atoms with Gasteiger partial charge >= 0.3 is 0 Å². The van der Waals surface area contributed by atoms with E-state index in [0.29, 0.717) is 0 Å². The van der Waals surface area contributed by atoms with E-state index in [1.807, 2.05) is 0 Å². The fraction of sp³-hybridized carbons (Fsp3) is 0.750. The Balaban J connectivity index is 1.99. The Morgan fingerprint density at radius 1 is 1.11 bits per heavy atom. The molecule has 0 radical (unpaired) electrons. The van der Waals surface area contributed by atoms with Gasteiger partial charge in [0.25, 0.3) is 0 Å². The molecule has 0 unspecified atom stereocenters. The molecule has 2 rings (SSSR count). The van der Waals surface area contributed by atoms with Gasteiger partial charge in [0.1, 0.15) is 5.82 Å². The van der Waals surface area contributed by atoms with Gasteiger partial charge in [-0.1, -0.05) is 0 Å². The van der Waals surface area contributed by atoms with Crippen molar-refractivity contribution in [2.75, 3.05) is 6.54 Å². The molecule has 19 heavy (non-hydrogen) atoms. The van der Waals surface area contributed by atoms with E-state index >= 15 is 0 Å². The lowest BCUT2D eigenvalue weighted by Crippen LogP contribution is -2.37. The van der Waals surface area contributed by atoms with E-state index in [1.165, 1.54) is 29.8 Å². The van der Waals surface area contributed by atoms with Gasteiger partial charge in [-0.25, -0.2) is 9.97 Å². The van der Waals surface area contributed by atoms with E-state index in [1.54, 1.807) is 0 Å². The summed E-state index contributed by atoms with van der Waals surface area (Å²) in [4.78, 5) is 9.38. The standard InChI is InChI=1S/C16H27N3/c1-11-14(8-9-17-16(3,4)5)12(2)19-15(18-11)10-13-6-7-13/h13,17H,6-10H2,1-5H3. The third kappa shape index (κ3) is 4.57. The van der Waals surface area contributed by atoms with E-state index in [-0.39, 0.29) is 5.54 Å². The van der Waals surface area contributed by atoms with Crippen molar-refractivity contribution >= 4 is 0 Å². The normalized spacial score (nSPS) is 15.8. The molecular formula is C16H27N3. The number of aryl methyl sites for hydroxylation is 2. The van der Waals surface area contributed by atoms with Crippen LogP contribution in [-0.4, -0.2) is 22.1 Å². The highest BCUT2D eigenvalue weighted by Gasteiger charge is 2.23. The Bertz CT molecular complexity index is 419. The molecule has 106 valence electrons. The molecule has 1 aliphatic carbocycles. The maximum atomic E-state index is 4.69. The topological polar surface area (TPSA) is 37.8 Å². The first-order valence-corrected chi connectivity index (χ1v) is 7.43. The van der Waals surface area contributed by atoms with Gasteiger partial charge in [0, 0.05) is 23.3 Å². The maximum absolute atomic E-state index is 4.69. The van der Waals surface area contributed by atoms with Crippen molar-refractivity contribution in [3.63, 3.8) is 0 Å². The number of hydrogen-bond donors (Lipinski definition) is 1. The summed E-state index contributed by atoms with van der Waals surface area (Å²) in [5.41, 5.74) is 3.82. The van der Waals surface area contributed by atoms with Crippen molar-refractivity contribution in [3.05, 3.63) is 22.8 Å². The molecule has 0 aromatic carbocycles. The lowest BCUT2D eigenvalue weighted by atomic mass is 10.1. The second-order valence-corrected chi connectivity index (χ2v) is 6.86. The van der Waals surface area contributed by atoms with Gasteiger partial charge in [0.2, 0.25) is 0 Å². The summed E-state index contributed by atoms with van der Waals surface area (Å²) in [6.45, 7) is 11.8. The number of hydrogen-bond acceptors (Lipinski definition) is 3. The Morgan fingerprint density at radius 2 is 1.68 bits per heavy atom. The monoisotopic (exact) mass is 261 g/mol. The summed E-state index contributed by atoms with van der Waals surface area (Å²) in [7, 11) is 0. The predicted molar refractivity (Wildman–Crippen MR) is 79.4 cm³/mol. The highest BCUT2D eigenvalue weighted by Crippen LogP contribution is 2.31. The lowest BCUT2D eigenvalue weighted by Gasteiger charge is -2.21. The minimum Gasteiger partial charge on any atom is -0.312 e. The minimum atomic E-state index is 0.175. The van der Waals surface area contributed by atoms with Crippen molar-refractivity contribution in [3.8, 4) is 0 Å². The largest absolute Gasteiger partial charge is 0.312 e. The molecule has 0 amide bonds. The van der Waals surface area contributed by atoms with Crippen LogP contribution in [0, 0.1) is 19.8 Å². The molecule has 0 saturated heterocycles. The first kappa shape index (κ1) is 14.4. The zero-order valence-electron chi connectivity index (χ0n) is 13.0. The SMILES string of the molecule is Cc1nc(CC2CC2)nc(C)c1CCNC(C)(C)C. The molecule has 1 aliphatic rings. The van der Waals surface area contributed by atoms with Gasteiger partial charge < -0.3 is 5.32 Å². The van der Waals surface area contributed by atoms with Gasteiger partial charge in [-0.2, -0.15) is 0 Å². The zero-order chi connectivity index (χ0) is 14.0. The average Bonchev–Trinajstić information content (AvgIpc) is 3.04. The second-order valence-electron chi connectivity index (χ2n) is 6.86. The summed E-state index contributed by atoms with van der Waals surface area (Å²) >= 11 is 0. The summed E-state index contributed by atoms with van der Waals surface area (Å²) in [5.74, 6) is 1.90. The zero-order valence-corrected chi connectivity index (χ0v) is 13.0. The first-order chi connectivity index (χ1) is 8.85. The lowest BCUT2D eigenvalue weighted by molar-refractivity contribution is 0.428. The minimum absolute atomic E-state index is 0.175. The van der Waals surface area contributed by atoms with Crippen LogP contribution in [0.25, 0.3) is 0 Å². The third-order valence-electron chi connectivity index (χ3n) is 3.67. The van der Waals surface area contributed by atoms with Crippen LogP contribution in [0.1, 0.15) is 56.4 Å². The molecule has 1 N–H and O–H groups in total. The quantitative estimate of drug-likeness (QED) is 0.885. The van der Waals surface area contributed by atoms with Crippen LogP contribution in [0.2, 0.25) is 0 Å². The molecular weight excluding hydrogens is 234 g/mol. The molecule has 0 atom stereocenters. The van der Waals surface area contributed by atoms with Crippen molar-refractivity contribution in [2.24, 2.45) is 5.92 Å². The second kappa shape index (κ2) is 5.58. The number of rotatable bonds is 5. The van der Waals surface area contributed by atoms with Crippen LogP contribution < -0.4 is 5.32 Å². The smallest absolute Gasteiger partial charge is 0.129 e. The van der Waals surface area contributed by atoms with Crippen LogP contribution >= 0.6 is 0 Å². The molecule has 0 bridgehead atoms. The van der Waals surface area contributed by atoms with Crippen LogP contribution in [0.15, 0.2) is 0 Å². The van der Waals surface area contributed by atoms with E-state index < -0.39 is 0 Å². The summed E-state index contributed by atoms with van der Waals surface area (Å²) in [5, 5.41) is 3.53. The van der Waals surface area contributed by atoms with Crippen molar-refractivity contribution in [2.45, 2.75) is 65.8 Å². The Morgan fingerprint density at radius 3 is 2.16 bits per heavy atom. The molecule has 0 spiro atoms. The molecule has 1 saturated carbocycles. The number of nitrogens with one attached hydrogen (secondary N) is 1. The molecule has 1 aromatic rings. The first-order valence-electron chi connectivity index (χ1n) is 7.43. The number of nitrogens with zero attached hydrogens (tertiary/aromatic N) is 2. The Hall–Kier alpha value is -0.960. The van der Waals surface area contributed by atoms with Crippen molar-refractivity contribution in [1.29, 1.82) is 0 Å². The molecule has 1 aromatic heterocycles. The molecule has 0 aliphatic heterocycles. The fourth-order valence-corrected chi connectivity index (χ4v) is 2.40. The van der Waals surface area contributed by atoms with E-state index in [4.69, 9.17) is 9.97 Å². The highest BCUT2D eigenvalue weighted by molar-refractivity contribution is 5.25. The number of aromatic nitrogens is 2. The van der Waals surface area contributed by atoms with Gasteiger partial charge in [-0.3, -0.25) is 0 Å². The highest BCUT2D eigenvalue weighted by atomic mass is 14.9. The summed E-state index contributed by atoms with van der Waals surface area (Å²) < 4.78 is 0. The van der Waals surface area contributed by atoms with Gasteiger partial charge in [-0.05, 0) is 71.9 Å². The van der Waals surface area contributed by atoms with Crippen molar-refractivity contribution in [1.82, 2.24) is 15.3 Å². The molecule has 3 nitrogen and oxygen atoms in total. The van der Waals surface area contributed by atoms with E-state index in [2.05, 4.69) is 39.9 Å². The average molecular weight is 261 g/mol. The Kier molecular flexibility index (Phi) is 4.24. The van der Waals surface area contributed by atoms with Gasteiger partial charge in [0.15, 0.2) is 0 Å². The van der Waals surface area contributed by atoms with Crippen LogP contribution in [0.4, 0.5) is 0 Å². The van der Waals surface area contributed by atoms with Gasteiger partial charge in [0.05, 0.1) is 0 Å². The van der Waals surface area contributed by atoms with E-state index in [0.717, 1.165) is 31.1 Å². The molecule has 3 heteroatoms. The van der Waals surface area contributed by atoms with Crippen LogP contribution in [0.3, 0.4) is 0 Å². The maximum Gasteiger partial charge on any atom is 0.129 e. The predicted octanol–water partition coefficient (Wildman–Crippen LogP) is 2.98. The van der Waals surface area contributed by atoms with E-state index in [9.17, 15) is 0 Å². The summed E-state index contributed by atoms with van der Waals surface area (Å²) in [6, 6.07) is 0. The van der Waals surface area contributed by atoms with Crippen molar-refractivity contribution < 1.29 is 0 Å². The molecule has 1 fully saturated rings. The van der Waals surface area contributed by atoms with Crippen LogP contribution in [-0.2, 0) is 12.8 Å². The fourth-order valence-electron chi connectivity index (χ4n) is 2.40.